The van der Waals surface area contributed by atoms with Gasteiger partial charge in [0.25, 0.3) is 11.8 Å². The van der Waals surface area contributed by atoms with Crippen molar-refractivity contribution in [2.24, 2.45) is 5.92 Å². The van der Waals surface area contributed by atoms with Crippen molar-refractivity contribution in [1.82, 2.24) is 15.5 Å². The number of carbonyl (C=O) groups is 3. The minimum absolute atomic E-state index is 0.0116. The monoisotopic (exact) mass is 419 g/mol. The van der Waals surface area contributed by atoms with Gasteiger partial charge in [0.1, 0.15) is 6.04 Å². The molecular formula is C25H29N3O3. The fourth-order valence-electron chi connectivity index (χ4n) is 3.91. The first-order chi connectivity index (χ1) is 15.0. The largest absolute Gasteiger partial charge is 0.351 e. The average Bonchev–Trinajstić information content (AvgIpc) is 2.81. The molecule has 2 N–H and O–H groups in total. The Morgan fingerprint density at radius 3 is 2.35 bits per heavy atom. The molecule has 0 bridgehead atoms. The zero-order chi connectivity index (χ0) is 22.2. The SMILES string of the molecule is C=CCNC(=O)C(NC(=O)c1ccccc1)C1CCN(C(=O)c2ccccc2C)CC1. The molecule has 2 aromatic rings. The highest BCUT2D eigenvalue weighted by molar-refractivity contribution is 5.98. The van der Waals surface area contributed by atoms with E-state index in [0.29, 0.717) is 43.6 Å². The standard InChI is InChI=1S/C25H29N3O3/c1-3-15-26-24(30)22(27-23(29)20-10-5-4-6-11-20)19-13-16-28(17-14-19)25(31)21-12-8-7-9-18(21)2/h3-12,19,22H,1,13-17H2,2H3,(H,26,30)(H,27,29). The molecular weight excluding hydrogens is 390 g/mol. The number of benzene rings is 2. The number of carbonyl (C=O) groups excluding carboxylic acids is 3. The molecule has 0 spiro atoms. The van der Waals surface area contributed by atoms with E-state index in [4.69, 9.17) is 0 Å². The number of hydrogen-bond acceptors (Lipinski definition) is 3. The van der Waals surface area contributed by atoms with E-state index in [-0.39, 0.29) is 23.6 Å². The summed E-state index contributed by atoms with van der Waals surface area (Å²) in [6.45, 7) is 6.99. The zero-order valence-electron chi connectivity index (χ0n) is 17.8. The summed E-state index contributed by atoms with van der Waals surface area (Å²) >= 11 is 0. The summed E-state index contributed by atoms with van der Waals surface area (Å²) in [6.07, 6.45) is 2.88. The predicted octanol–water partition coefficient (Wildman–Crippen LogP) is 2.95. The average molecular weight is 420 g/mol. The molecule has 0 aromatic heterocycles. The topological polar surface area (TPSA) is 78.5 Å². The predicted molar refractivity (Wildman–Crippen MR) is 121 cm³/mol. The minimum atomic E-state index is -0.664. The van der Waals surface area contributed by atoms with E-state index in [1.165, 1.54) is 0 Å². The lowest BCUT2D eigenvalue weighted by molar-refractivity contribution is -0.124. The molecule has 31 heavy (non-hydrogen) atoms. The van der Waals surface area contributed by atoms with Crippen LogP contribution in [-0.4, -0.2) is 48.3 Å². The molecule has 1 heterocycles. The highest BCUT2D eigenvalue weighted by Crippen LogP contribution is 2.23. The number of rotatable bonds is 7. The van der Waals surface area contributed by atoms with Gasteiger partial charge in [-0.25, -0.2) is 0 Å². The molecule has 6 heteroatoms. The molecule has 162 valence electrons. The Morgan fingerprint density at radius 2 is 1.71 bits per heavy atom. The lowest BCUT2D eigenvalue weighted by Crippen LogP contribution is -2.53. The van der Waals surface area contributed by atoms with Crippen molar-refractivity contribution in [2.75, 3.05) is 19.6 Å². The van der Waals surface area contributed by atoms with Gasteiger partial charge in [-0.1, -0.05) is 42.5 Å². The first kappa shape index (κ1) is 22.3. The number of likely N-dealkylation sites (tertiary alicyclic amines) is 1. The number of hydrogen-bond donors (Lipinski definition) is 2. The normalized spacial score (nSPS) is 15.1. The molecule has 6 nitrogen and oxygen atoms in total. The summed E-state index contributed by atoms with van der Waals surface area (Å²) in [5, 5.41) is 5.71. The Morgan fingerprint density at radius 1 is 1.06 bits per heavy atom. The van der Waals surface area contributed by atoms with Crippen LogP contribution in [0.5, 0.6) is 0 Å². The Kier molecular flexibility index (Phi) is 7.60. The molecule has 3 amide bonds. The molecule has 0 aliphatic carbocycles. The molecule has 1 saturated heterocycles. The van der Waals surface area contributed by atoms with E-state index < -0.39 is 6.04 Å². The van der Waals surface area contributed by atoms with Crippen LogP contribution in [0.2, 0.25) is 0 Å². The number of nitrogens with one attached hydrogen (secondary N) is 2. The van der Waals surface area contributed by atoms with E-state index in [1.807, 2.05) is 42.2 Å². The second-order valence-corrected chi connectivity index (χ2v) is 7.80. The van der Waals surface area contributed by atoms with Crippen LogP contribution in [0.25, 0.3) is 0 Å². The van der Waals surface area contributed by atoms with Gasteiger partial charge in [-0.2, -0.15) is 0 Å². The third-order valence-electron chi connectivity index (χ3n) is 5.70. The summed E-state index contributed by atoms with van der Waals surface area (Å²) in [7, 11) is 0. The first-order valence-electron chi connectivity index (χ1n) is 10.6. The van der Waals surface area contributed by atoms with Gasteiger partial charge in [-0.3, -0.25) is 14.4 Å². The lowest BCUT2D eigenvalue weighted by Gasteiger charge is -2.36. The Balaban J connectivity index is 1.68. The number of aryl methyl sites for hydroxylation is 1. The quantitative estimate of drug-likeness (QED) is 0.678. The van der Waals surface area contributed by atoms with Gasteiger partial charge >= 0.3 is 0 Å². The maximum Gasteiger partial charge on any atom is 0.254 e. The molecule has 1 atom stereocenters. The zero-order valence-corrected chi connectivity index (χ0v) is 17.8. The molecule has 1 aliphatic heterocycles. The van der Waals surface area contributed by atoms with Crippen LogP contribution in [0.15, 0.2) is 67.3 Å². The number of nitrogens with zero attached hydrogens (tertiary/aromatic N) is 1. The smallest absolute Gasteiger partial charge is 0.254 e. The Labute approximate surface area is 183 Å². The van der Waals surface area contributed by atoms with E-state index in [0.717, 1.165) is 5.56 Å². The Hall–Kier alpha value is -3.41. The van der Waals surface area contributed by atoms with Crippen LogP contribution in [-0.2, 0) is 4.79 Å². The molecule has 3 rings (SSSR count). The second kappa shape index (κ2) is 10.6. The second-order valence-electron chi connectivity index (χ2n) is 7.80. The maximum absolute atomic E-state index is 12.9. The highest BCUT2D eigenvalue weighted by Gasteiger charge is 2.34. The van der Waals surface area contributed by atoms with Crippen LogP contribution in [0.4, 0.5) is 0 Å². The summed E-state index contributed by atoms with van der Waals surface area (Å²) < 4.78 is 0. The maximum atomic E-state index is 12.9. The van der Waals surface area contributed by atoms with Crippen molar-refractivity contribution in [3.63, 3.8) is 0 Å². The van der Waals surface area contributed by atoms with Crippen LogP contribution in [0.1, 0.15) is 39.1 Å². The van der Waals surface area contributed by atoms with Gasteiger partial charge in [0, 0.05) is 30.8 Å². The fraction of sp³-hybridized carbons (Fsp3) is 0.320. The van der Waals surface area contributed by atoms with E-state index in [1.54, 1.807) is 30.3 Å². The molecule has 1 unspecified atom stereocenters. The first-order valence-corrected chi connectivity index (χ1v) is 10.6. The van der Waals surface area contributed by atoms with Gasteiger partial charge in [0.15, 0.2) is 0 Å². The van der Waals surface area contributed by atoms with E-state index >= 15 is 0 Å². The lowest BCUT2D eigenvalue weighted by atomic mass is 9.88. The van der Waals surface area contributed by atoms with Crippen LogP contribution in [0.3, 0.4) is 0 Å². The summed E-state index contributed by atoms with van der Waals surface area (Å²) in [5.74, 6) is -0.554. The van der Waals surface area contributed by atoms with Crippen molar-refractivity contribution in [1.29, 1.82) is 0 Å². The van der Waals surface area contributed by atoms with Crippen LogP contribution in [0, 0.1) is 12.8 Å². The van der Waals surface area contributed by atoms with Crippen molar-refractivity contribution in [3.05, 3.63) is 83.9 Å². The highest BCUT2D eigenvalue weighted by atomic mass is 16.2. The van der Waals surface area contributed by atoms with Gasteiger partial charge < -0.3 is 15.5 Å². The van der Waals surface area contributed by atoms with Crippen molar-refractivity contribution in [3.8, 4) is 0 Å². The summed E-state index contributed by atoms with van der Waals surface area (Å²) in [5.41, 5.74) is 2.17. The van der Waals surface area contributed by atoms with E-state index in [2.05, 4.69) is 17.2 Å². The van der Waals surface area contributed by atoms with Crippen molar-refractivity contribution < 1.29 is 14.4 Å². The van der Waals surface area contributed by atoms with Gasteiger partial charge in [-0.15, -0.1) is 6.58 Å². The van der Waals surface area contributed by atoms with Gasteiger partial charge in [-0.05, 0) is 49.4 Å². The van der Waals surface area contributed by atoms with Gasteiger partial charge in [0.05, 0.1) is 0 Å². The third kappa shape index (κ3) is 5.60. The molecule has 2 aromatic carbocycles. The van der Waals surface area contributed by atoms with Crippen LogP contribution < -0.4 is 10.6 Å². The molecule has 1 aliphatic rings. The van der Waals surface area contributed by atoms with Crippen LogP contribution >= 0.6 is 0 Å². The number of piperidine rings is 1. The molecule has 1 fully saturated rings. The molecule has 0 saturated carbocycles. The Bertz CT molecular complexity index is 934. The fourth-order valence-corrected chi connectivity index (χ4v) is 3.91. The van der Waals surface area contributed by atoms with E-state index in [9.17, 15) is 14.4 Å². The van der Waals surface area contributed by atoms with Crippen molar-refractivity contribution in [2.45, 2.75) is 25.8 Å². The van der Waals surface area contributed by atoms with Crippen molar-refractivity contribution >= 4 is 17.7 Å². The van der Waals surface area contributed by atoms with Gasteiger partial charge in [0.2, 0.25) is 5.91 Å². The summed E-state index contributed by atoms with van der Waals surface area (Å²) in [4.78, 5) is 40.2. The summed E-state index contributed by atoms with van der Waals surface area (Å²) in [6, 6.07) is 15.7. The number of amides is 3. The third-order valence-corrected chi connectivity index (χ3v) is 5.70. The minimum Gasteiger partial charge on any atom is -0.351 e. The molecule has 0 radical (unpaired) electrons.